The number of rotatable bonds is 5. The van der Waals surface area contributed by atoms with Gasteiger partial charge in [0.25, 0.3) is 11.1 Å². The molecule has 1 aromatic heterocycles. The normalized spacial score (nSPS) is 10.5. The van der Waals surface area contributed by atoms with Crippen molar-refractivity contribution in [2.24, 2.45) is 0 Å². The molecule has 2 amide bonds. The summed E-state index contributed by atoms with van der Waals surface area (Å²) in [7, 11) is 0. The smallest absolute Gasteiger partial charge is 0.394 e. The van der Waals surface area contributed by atoms with Crippen LogP contribution in [0.2, 0.25) is 0 Å². The van der Waals surface area contributed by atoms with Gasteiger partial charge < -0.3 is 15.2 Å². The van der Waals surface area contributed by atoms with Gasteiger partial charge in [-0.05, 0) is 41.5 Å². The Morgan fingerprint density at radius 2 is 1.66 bits per heavy atom. The van der Waals surface area contributed by atoms with Crippen LogP contribution in [0.1, 0.15) is 15.2 Å². The Bertz CT molecular complexity index is 1350. The molecule has 3 N–H and O–H groups in total. The first-order valence-electron chi connectivity index (χ1n) is 9.49. The molecular formula is C23H17N3O5S. The molecule has 32 heavy (non-hydrogen) atoms. The number of hydrogen-bond acceptors (Lipinski definition) is 6. The number of amides is 2. The van der Waals surface area contributed by atoms with Gasteiger partial charge in [0.05, 0.1) is 0 Å². The largest absolute Gasteiger partial charge is 0.474 e. The van der Waals surface area contributed by atoms with Gasteiger partial charge in [-0.2, -0.15) is 4.98 Å². The second kappa shape index (κ2) is 8.86. The Morgan fingerprint density at radius 3 is 2.41 bits per heavy atom. The summed E-state index contributed by atoms with van der Waals surface area (Å²) < 4.78 is 5.76. The molecule has 4 rings (SSSR count). The molecule has 0 saturated heterocycles. The quantitative estimate of drug-likeness (QED) is 0.383. The molecule has 0 saturated carbocycles. The molecule has 160 valence electrons. The van der Waals surface area contributed by atoms with Crippen LogP contribution in [0.25, 0.3) is 10.8 Å². The van der Waals surface area contributed by atoms with Gasteiger partial charge in [0.1, 0.15) is 10.6 Å². The first kappa shape index (κ1) is 21.0. The number of aliphatic carboxylic acids is 1. The van der Waals surface area contributed by atoms with Gasteiger partial charge in [0.15, 0.2) is 5.82 Å². The van der Waals surface area contributed by atoms with E-state index in [1.807, 2.05) is 55.5 Å². The third-order valence-electron chi connectivity index (χ3n) is 4.54. The van der Waals surface area contributed by atoms with Gasteiger partial charge in [-0.15, -0.1) is 0 Å². The van der Waals surface area contributed by atoms with Gasteiger partial charge in [0, 0.05) is 5.69 Å². The molecule has 4 aromatic rings. The Labute approximate surface area is 186 Å². The van der Waals surface area contributed by atoms with Crippen LogP contribution in [-0.2, 0) is 9.59 Å². The Balaban J connectivity index is 1.64. The fraction of sp³-hybridized carbons (Fsp3) is 0.0435. The number of benzene rings is 3. The zero-order chi connectivity index (χ0) is 22.7. The van der Waals surface area contributed by atoms with E-state index in [1.165, 1.54) is 0 Å². The standard InChI is InChI=1S/C23H17N3O5S/c1-13-6-2-5-9-17(13)31-23-26-19(25-21(28)22(29)30)18(32-23)20(27)24-16-11-10-14-7-3-4-8-15(14)12-16/h2-12H,1H3,(H,24,27)(H,25,28)(H,29,30). The minimum atomic E-state index is -1.69. The highest BCUT2D eigenvalue weighted by molar-refractivity contribution is 7.16. The van der Waals surface area contributed by atoms with Gasteiger partial charge in [0.2, 0.25) is 0 Å². The summed E-state index contributed by atoms with van der Waals surface area (Å²) >= 11 is 0.895. The molecular weight excluding hydrogens is 430 g/mol. The SMILES string of the molecule is Cc1ccccc1Oc1nc(NC(=O)C(=O)O)c(C(=O)Nc2ccc3ccccc3c2)s1. The van der Waals surface area contributed by atoms with Crippen molar-refractivity contribution in [2.75, 3.05) is 10.6 Å². The Morgan fingerprint density at radius 1 is 0.938 bits per heavy atom. The van der Waals surface area contributed by atoms with Crippen LogP contribution < -0.4 is 15.4 Å². The molecule has 3 aromatic carbocycles. The van der Waals surface area contributed by atoms with E-state index < -0.39 is 17.8 Å². The summed E-state index contributed by atoms with van der Waals surface area (Å²) in [5, 5.41) is 15.9. The second-order valence-corrected chi connectivity index (χ2v) is 7.76. The third-order valence-corrected chi connectivity index (χ3v) is 5.47. The molecule has 0 fully saturated rings. The number of para-hydroxylation sites is 1. The van der Waals surface area contributed by atoms with Crippen molar-refractivity contribution in [3.63, 3.8) is 0 Å². The lowest BCUT2D eigenvalue weighted by atomic mass is 10.1. The molecule has 1 heterocycles. The molecule has 0 unspecified atom stereocenters. The third kappa shape index (κ3) is 4.57. The molecule has 0 aliphatic rings. The lowest BCUT2D eigenvalue weighted by Gasteiger charge is -2.06. The van der Waals surface area contributed by atoms with Crippen molar-refractivity contribution >= 4 is 51.4 Å². The molecule has 0 aliphatic carbocycles. The monoisotopic (exact) mass is 447 g/mol. The van der Waals surface area contributed by atoms with Gasteiger partial charge in [-0.1, -0.05) is 59.9 Å². The molecule has 9 heteroatoms. The van der Waals surface area contributed by atoms with Crippen molar-refractivity contribution in [2.45, 2.75) is 6.92 Å². The fourth-order valence-corrected chi connectivity index (χ4v) is 3.74. The van der Waals surface area contributed by atoms with Crippen LogP contribution >= 0.6 is 11.3 Å². The van der Waals surface area contributed by atoms with Crippen LogP contribution in [0.3, 0.4) is 0 Å². The minimum absolute atomic E-state index is 0.0105. The van der Waals surface area contributed by atoms with Gasteiger partial charge >= 0.3 is 11.9 Å². The number of aromatic nitrogens is 1. The lowest BCUT2D eigenvalue weighted by molar-refractivity contribution is -0.147. The average molecular weight is 447 g/mol. The maximum Gasteiger partial charge on any atom is 0.394 e. The molecule has 0 spiro atoms. The number of carboxylic acids is 1. The number of anilines is 2. The minimum Gasteiger partial charge on any atom is -0.474 e. The maximum atomic E-state index is 13.0. The Hall–Kier alpha value is -4.24. The van der Waals surface area contributed by atoms with E-state index >= 15 is 0 Å². The van der Waals surface area contributed by atoms with E-state index in [0.717, 1.165) is 27.7 Å². The van der Waals surface area contributed by atoms with Crippen molar-refractivity contribution in [3.05, 3.63) is 77.2 Å². The van der Waals surface area contributed by atoms with Crippen LogP contribution in [0.15, 0.2) is 66.7 Å². The molecule has 8 nitrogen and oxygen atoms in total. The van der Waals surface area contributed by atoms with Crippen molar-refractivity contribution < 1.29 is 24.2 Å². The Kier molecular flexibility index (Phi) is 5.82. The number of aryl methyl sites for hydroxylation is 1. The van der Waals surface area contributed by atoms with Crippen molar-refractivity contribution in [1.82, 2.24) is 4.98 Å². The number of nitrogens with one attached hydrogen (secondary N) is 2. The van der Waals surface area contributed by atoms with Gasteiger partial charge in [-0.3, -0.25) is 14.9 Å². The van der Waals surface area contributed by atoms with E-state index in [1.54, 1.807) is 18.2 Å². The van der Waals surface area contributed by atoms with E-state index in [0.29, 0.717) is 11.4 Å². The highest BCUT2D eigenvalue weighted by atomic mass is 32.1. The number of thiazole rings is 1. The summed E-state index contributed by atoms with van der Waals surface area (Å²) in [4.78, 5) is 39.8. The summed E-state index contributed by atoms with van der Waals surface area (Å²) in [6, 6.07) is 20.4. The zero-order valence-corrected chi connectivity index (χ0v) is 17.6. The van der Waals surface area contributed by atoms with Gasteiger partial charge in [-0.25, -0.2) is 4.79 Å². The number of nitrogens with zero attached hydrogens (tertiary/aromatic N) is 1. The number of ether oxygens (including phenoxy) is 1. The molecule has 0 atom stereocenters. The van der Waals surface area contributed by atoms with Crippen LogP contribution in [0.5, 0.6) is 10.9 Å². The van der Waals surface area contributed by atoms with Crippen LogP contribution in [0.4, 0.5) is 11.5 Å². The number of carbonyl (C=O) groups is 3. The maximum absolute atomic E-state index is 13.0. The fourth-order valence-electron chi connectivity index (χ4n) is 2.96. The summed E-state index contributed by atoms with van der Waals surface area (Å²) in [5.74, 6) is -3.22. The first-order chi connectivity index (χ1) is 15.4. The predicted octanol–water partition coefficient (Wildman–Crippen LogP) is 4.67. The molecule has 0 bridgehead atoms. The number of hydrogen-bond donors (Lipinski definition) is 3. The lowest BCUT2D eigenvalue weighted by Crippen LogP contribution is -2.23. The van der Waals surface area contributed by atoms with Crippen molar-refractivity contribution in [3.8, 4) is 10.9 Å². The van der Waals surface area contributed by atoms with Crippen molar-refractivity contribution in [1.29, 1.82) is 0 Å². The van der Waals surface area contributed by atoms with E-state index in [2.05, 4.69) is 15.6 Å². The van der Waals surface area contributed by atoms with E-state index in [4.69, 9.17) is 9.84 Å². The van der Waals surface area contributed by atoms with Crippen LogP contribution in [-0.4, -0.2) is 27.9 Å². The zero-order valence-electron chi connectivity index (χ0n) is 16.8. The average Bonchev–Trinajstić information content (AvgIpc) is 3.17. The molecule has 0 aliphatic heterocycles. The van der Waals surface area contributed by atoms with E-state index in [-0.39, 0.29) is 15.9 Å². The number of carbonyl (C=O) groups excluding carboxylic acids is 2. The highest BCUT2D eigenvalue weighted by Crippen LogP contribution is 2.34. The number of fused-ring (bicyclic) bond motifs is 1. The summed E-state index contributed by atoms with van der Waals surface area (Å²) in [5.41, 5.74) is 1.39. The van der Waals surface area contributed by atoms with E-state index in [9.17, 15) is 14.4 Å². The predicted molar refractivity (Wildman–Crippen MR) is 122 cm³/mol. The topological polar surface area (TPSA) is 118 Å². The highest BCUT2D eigenvalue weighted by Gasteiger charge is 2.24. The summed E-state index contributed by atoms with van der Waals surface area (Å²) in [6.45, 7) is 1.85. The first-order valence-corrected chi connectivity index (χ1v) is 10.3. The summed E-state index contributed by atoms with van der Waals surface area (Å²) in [6.07, 6.45) is 0. The second-order valence-electron chi connectivity index (χ2n) is 6.80. The van der Waals surface area contributed by atoms with Crippen LogP contribution in [0, 0.1) is 6.92 Å². The molecule has 0 radical (unpaired) electrons. The number of carboxylic acid groups (broad SMARTS) is 1.